The molecule has 53 valence electrons. The van der Waals surface area contributed by atoms with Crippen molar-refractivity contribution in [2.24, 2.45) is 5.92 Å². The molecule has 1 nitrogen and oxygen atoms in total. The van der Waals surface area contributed by atoms with Crippen LogP contribution in [0.25, 0.3) is 0 Å². The molecule has 1 aliphatic heterocycles. The maximum Gasteiger partial charge on any atom is -0.00146 e. The summed E-state index contributed by atoms with van der Waals surface area (Å²) in [7, 11) is 0. The van der Waals surface area contributed by atoms with Gasteiger partial charge in [0.25, 0.3) is 0 Å². The highest BCUT2D eigenvalue weighted by molar-refractivity contribution is 4.83. The summed E-state index contributed by atoms with van der Waals surface area (Å²) < 4.78 is 0. The lowest BCUT2D eigenvalue weighted by molar-refractivity contribution is 0.431. The first-order valence-corrected chi connectivity index (χ1v) is 3.97. The highest BCUT2D eigenvalue weighted by atomic mass is 14.9. The van der Waals surface area contributed by atoms with Crippen LogP contribution < -0.4 is 5.32 Å². The quantitative estimate of drug-likeness (QED) is 0.592. The molecule has 0 amide bonds. The van der Waals surface area contributed by atoms with Gasteiger partial charge in [0.1, 0.15) is 0 Å². The van der Waals surface area contributed by atoms with Gasteiger partial charge in [-0.3, -0.25) is 0 Å². The largest absolute Gasteiger partial charge is 0.316 e. The Bertz CT molecular complexity index is 62.2. The maximum atomic E-state index is 3.32. The molecule has 0 aromatic rings. The Kier molecular flexibility index (Phi) is 3.05. The Morgan fingerprint density at radius 3 is 3.11 bits per heavy atom. The molecule has 0 saturated carbocycles. The topological polar surface area (TPSA) is 12.0 Å². The molecule has 1 saturated heterocycles. The van der Waals surface area contributed by atoms with Gasteiger partial charge in [-0.2, -0.15) is 0 Å². The molecule has 1 aliphatic rings. The van der Waals surface area contributed by atoms with E-state index in [1.165, 1.54) is 25.8 Å². The summed E-state index contributed by atoms with van der Waals surface area (Å²) in [6.07, 6.45) is 6.49. The predicted octanol–water partition coefficient (Wildman–Crippen LogP) is 1.60. The highest BCUT2D eigenvalue weighted by Gasteiger charge is 2.10. The van der Waals surface area contributed by atoms with Crippen molar-refractivity contribution in [3.05, 3.63) is 6.42 Å². The number of hydrogen-bond acceptors (Lipinski definition) is 1. The van der Waals surface area contributed by atoms with Crippen molar-refractivity contribution in [3.8, 4) is 0 Å². The number of rotatable bonds is 2. The first-order chi connectivity index (χ1) is 4.43. The van der Waals surface area contributed by atoms with Gasteiger partial charge in [-0.1, -0.05) is 19.8 Å². The third kappa shape index (κ3) is 2.35. The second kappa shape index (κ2) is 3.89. The van der Waals surface area contributed by atoms with Gasteiger partial charge >= 0.3 is 0 Å². The van der Waals surface area contributed by atoms with Crippen molar-refractivity contribution in [2.75, 3.05) is 13.1 Å². The van der Waals surface area contributed by atoms with Gasteiger partial charge in [-0.05, 0) is 31.8 Å². The molecular formula is C8H16N. The molecule has 1 rings (SSSR count). The molecule has 0 spiro atoms. The van der Waals surface area contributed by atoms with E-state index in [2.05, 4.69) is 18.7 Å². The normalized spacial score (nSPS) is 22.3. The fourth-order valence-electron chi connectivity index (χ4n) is 1.39. The summed E-state index contributed by atoms with van der Waals surface area (Å²) in [5, 5.41) is 3.32. The average molecular weight is 126 g/mol. The second-order valence-electron chi connectivity index (χ2n) is 2.78. The molecule has 1 fully saturated rings. The molecule has 9 heavy (non-hydrogen) atoms. The average Bonchev–Trinajstić information content (AvgIpc) is 1.91. The van der Waals surface area contributed by atoms with Crippen LogP contribution in [0.1, 0.15) is 26.2 Å². The van der Waals surface area contributed by atoms with Crippen LogP contribution in [0.5, 0.6) is 0 Å². The van der Waals surface area contributed by atoms with Crippen molar-refractivity contribution >= 4 is 0 Å². The van der Waals surface area contributed by atoms with Gasteiger partial charge in [-0.15, -0.1) is 0 Å². The zero-order chi connectivity index (χ0) is 6.53. The van der Waals surface area contributed by atoms with Crippen LogP contribution in [0.15, 0.2) is 0 Å². The number of nitrogens with one attached hydrogen (secondary N) is 1. The summed E-state index contributed by atoms with van der Waals surface area (Å²) in [4.78, 5) is 0. The SMILES string of the molecule is CCCC1[CH]CNCC1. The van der Waals surface area contributed by atoms with Crippen LogP contribution in [0.3, 0.4) is 0 Å². The summed E-state index contributed by atoms with van der Waals surface area (Å²) in [5.74, 6) is 0.913. The molecule has 1 N–H and O–H groups in total. The molecule has 1 radical (unpaired) electrons. The van der Waals surface area contributed by atoms with Gasteiger partial charge in [-0.25, -0.2) is 0 Å². The first kappa shape index (κ1) is 7.07. The van der Waals surface area contributed by atoms with Gasteiger partial charge in [0.15, 0.2) is 0 Å². The Morgan fingerprint density at radius 1 is 1.67 bits per heavy atom. The van der Waals surface area contributed by atoms with Gasteiger partial charge in [0, 0.05) is 0 Å². The van der Waals surface area contributed by atoms with Crippen LogP contribution in [-0.2, 0) is 0 Å². The molecule has 1 heteroatoms. The molecule has 1 heterocycles. The molecule has 0 aromatic heterocycles. The highest BCUT2D eigenvalue weighted by Crippen LogP contribution is 2.15. The fourth-order valence-corrected chi connectivity index (χ4v) is 1.39. The summed E-state index contributed by atoms with van der Waals surface area (Å²) >= 11 is 0. The van der Waals surface area contributed by atoms with E-state index in [0.717, 1.165) is 12.5 Å². The van der Waals surface area contributed by atoms with Crippen LogP contribution in [0.4, 0.5) is 0 Å². The second-order valence-corrected chi connectivity index (χ2v) is 2.78. The molecule has 1 atom stereocenters. The lowest BCUT2D eigenvalue weighted by Crippen LogP contribution is -2.28. The van der Waals surface area contributed by atoms with Crippen molar-refractivity contribution in [1.82, 2.24) is 5.32 Å². The Hall–Kier alpha value is -0.0400. The standard InChI is InChI=1S/C8H16N/c1-2-3-8-4-6-9-7-5-8/h4,8-9H,2-3,5-7H2,1H3. The summed E-state index contributed by atoms with van der Waals surface area (Å²) in [5.41, 5.74) is 0. The maximum absolute atomic E-state index is 3.32. The van der Waals surface area contributed by atoms with Crippen LogP contribution >= 0.6 is 0 Å². The molecule has 0 bridgehead atoms. The lowest BCUT2D eigenvalue weighted by Gasteiger charge is -2.21. The summed E-state index contributed by atoms with van der Waals surface area (Å²) in [6.45, 7) is 4.61. The van der Waals surface area contributed by atoms with Gasteiger partial charge in [0.2, 0.25) is 0 Å². The van der Waals surface area contributed by atoms with E-state index in [1.54, 1.807) is 0 Å². The molecule has 0 aromatic carbocycles. The van der Waals surface area contributed by atoms with E-state index in [9.17, 15) is 0 Å². The van der Waals surface area contributed by atoms with E-state index >= 15 is 0 Å². The van der Waals surface area contributed by atoms with Crippen molar-refractivity contribution < 1.29 is 0 Å². The molecule has 0 aliphatic carbocycles. The van der Waals surface area contributed by atoms with Crippen LogP contribution in [-0.4, -0.2) is 13.1 Å². The van der Waals surface area contributed by atoms with Gasteiger partial charge < -0.3 is 5.32 Å². The zero-order valence-electron chi connectivity index (χ0n) is 6.19. The fraction of sp³-hybridized carbons (Fsp3) is 0.875. The van der Waals surface area contributed by atoms with E-state index < -0.39 is 0 Å². The van der Waals surface area contributed by atoms with E-state index in [4.69, 9.17) is 0 Å². The summed E-state index contributed by atoms with van der Waals surface area (Å²) in [6, 6.07) is 0. The van der Waals surface area contributed by atoms with E-state index in [-0.39, 0.29) is 0 Å². The molecular weight excluding hydrogens is 110 g/mol. The minimum atomic E-state index is 0.913. The van der Waals surface area contributed by atoms with E-state index in [0.29, 0.717) is 0 Å². The number of hydrogen-bond donors (Lipinski definition) is 1. The monoisotopic (exact) mass is 126 g/mol. The minimum Gasteiger partial charge on any atom is -0.316 e. The van der Waals surface area contributed by atoms with E-state index in [1.807, 2.05) is 0 Å². The van der Waals surface area contributed by atoms with Crippen molar-refractivity contribution in [3.63, 3.8) is 0 Å². The minimum absolute atomic E-state index is 0.913. The van der Waals surface area contributed by atoms with Crippen LogP contribution in [0, 0.1) is 12.3 Å². The van der Waals surface area contributed by atoms with Crippen molar-refractivity contribution in [1.29, 1.82) is 0 Å². The Balaban J connectivity index is 2.08. The van der Waals surface area contributed by atoms with Crippen molar-refractivity contribution in [2.45, 2.75) is 26.2 Å². The third-order valence-corrected chi connectivity index (χ3v) is 1.95. The molecule has 1 unspecified atom stereocenters. The Labute approximate surface area is 57.8 Å². The Morgan fingerprint density at radius 2 is 2.56 bits per heavy atom. The smallest absolute Gasteiger partial charge is 0.00146 e. The first-order valence-electron chi connectivity index (χ1n) is 3.97. The lowest BCUT2D eigenvalue weighted by atomic mass is 9.94. The third-order valence-electron chi connectivity index (χ3n) is 1.95. The van der Waals surface area contributed by atoms with Crippen LogP contribution in [0.2, 0.25) is 0 Å². The van der Waals surface area contributed by atoms with Gasteiger partial charge in [0.05, 0.1) is 0 Å². The zero-order valence-corrected chi connectivity index (χ0v) is 6.19. The predicted molar refractivity (Wildman–Crippen MR) is 40.2 cm³/mol. The number of piperidine rings is 1.